The third kappa shape index (κ3) is 11.7. The highest BCUT2D eigenvalue weighted by Gasteiger charge is 2.06. The van der Waals surface area contributed by atoms with E-state index in [1.54, 1.807) is 7.11 Å². The molecule has 2 N–H and O–H groups in total. The van der Waals surface area contributed by atoms with E-state index in [9.17, 15) is 0 Å². The summed E-state index contributed by atoms with van der Waals surface area (Å²) in [5.41, 5.74) is 7.66. The zero-order chi connectivity index (χ0) is 19.8. The van der Waals surface area contributed by atoms with E-state index < -0.39 is 0 Å². The molecule has 0 fully saturated rings. The lowest BCUT2D eigenvalue weighted by atomic mass is 10.2. The van der Waals surface area contributed by atoms with Crippen molar-refractivity contribution in [3.05, 3.63) is 18.2 Å². The van der Waals surface area contributed by atoms with Crippen molar-refractivity contribution in [1.29, 1.82) is 0 Å². The molecule has 0 saturated carbocycles. The van der Waals surface area contributed by atoms with Crippen LogP contribution >= 0.6 is 0 Å². The van der Waals surface area contributed by atoms with Gasteiger partial charge >= 0.3 is 0 Å². The fourth-order valence-electron chi connectivity index (χ4n) is 2.13. The molecule has 0 amide bonds. The van der Waals surface area contributed by atoms with E-state index in [-0.39, 0.29) is 0 Å². The standard InChI is InChI=1S/C16H30N4O.2C2H6/c1-18(2)11-12-19(3)9-6-10-20(4)14-7-8-15(17)16(13-14)21-5;2*1-2/h7-8,13H,6,9-12,17H2,1-5H3;2*1-2H3. The second-order valence-electron chi connectivity index (χ2n) is 5.81. The van der Waals surface area contributed by atoms with Crippen molar-refractivity contribution in [3.63, 3.8) is 0 Å². The van der Waals surface area contributed by atoms with E-state index in [4.69, 9.17) is 10.5 Å². The molecule has 0 heterocycles. The topological polar surface area (TPSA) is 45.0 Å². The Hall–Kier alpha value is -1.46. The lowest BCUT2D eigenvalue weighted by Crippen LogP contribution is -2.31. The zero-order valence-electron chi connectivity index (χ0n) is 18.1. The summed E-state index contributed by atoms with van der Waals surface area (Å²) in [7, 11) is 10.1. The molecule has 25 heavy (non-hydrogen) atoms. The highest BCUT2D eigenvalue weighted by Crippen LogP contribution is 2.26. The Morgan fingerprint density at radius 3 is 2.00 bits per heavy atom. The predicted octanol–water partition coefficient (Wildman–Crippen LogP) is 3.65. The van der Waals surface area contributed by atoms with Gasteiger partial charge in [-0.3, -0.25) is 0 Å². The second kappa shape index (κ2) is 16.0. The molecule has 148 valence electrons. The Morgan fingerprint density at radius 2 is 1.48 bits per heavy atom. The molecule has 5 nitrogen and oxygen atoms in total. The van der Waals surface area contributed by atoms with Crippen LogP contribution < -0.4 is 15.4 Å². The molecule has 0 unspecified atom stereocenters. The van der Waals surface area contributed by atoms with Gasteiger partial charge in [-0.15, -0.1) is 0 Å². The lowest BCUT2D eigenvalue weighted by Gasteiger charge is -2.23. The first-order chi connectivity index (χ1) is 11.9. The number of methoxy groups -OCH3 is 1. The van der Waals surface area contributed by atoms with Gasteiger partial charge in [0.2, 0.25) is 0 Å². The van der Waals surface area contributed by atoms with Crippen molar-refractivity contribution < 1.29 is 4.74 Å². The van der Waals surface area contributed by atoms with Gasteiger partial charge in [0.15, 0.2) is 0 Å². The van der Waals surface area contributed by atoms with Crippen molar-refractivity contribution >= 4 is 11.4 Å². The molecule has 0 aliphatic rings. The smallest absolute Gasteiger partial charge is 0.143 e. The maximum Gasteiger partial charge on any atom is 0.143 e. The summed E-state index contributed by atoms with van der Waals surface area (Å²) in [6.45, 7) is 12.3. The van der Waals surface area contributed by atoms with E-state index in [0.717, 1.165) is 44.0 Å². The highest BCUT2D eigenvalue weighted by molar-refractivity contribution is 5.62. The molecule has 5 heteroatoms. The number of nitrogens with two attached hydrogens (primary N) is 1. The number of ether oxygens (including phenoxy) is 1. The molecular weight excluding hydrogens is 312 g/mol. The number of nitrogen functional groups attached to an aromatic ring is 1. The number of likely N-dealkylation sites (N-methyl/N-ethyl adjacent to an activating group) is 2. The first-order valence-corrected chi connectivity index (χ1v) is 9.42. The van der Waals surface area contributed by atoms with Gasteiger partial charge in [0.05, 0.1) is 12.8 Å². The van der Waals surface area contributed by atoms with Gasteiger partial charge in [0.1, 0.15) is 5.75 Å². The summed E-state index contributed by atoms with van der Waals surface area (Å²) in [5.74, 6) is 0.738. The molecule has 0 saturated heterocycles. The quantitative estimate of drug-likeness (QED) is 0.686. The monoisotopic (exact) mass is 354 g/mol. The van der Waals surface area contributed by atoms with E-state index >= 15 is 0 Å². The summed E-state index contributed by atoms with van der Waals surface area (Å²) >= 11 is 0. The third-order valence-corrected chi connectivity index (χ3v) is 3.62. The molecule has 0 aliphatic heterocycles. The number of benzene rings is 1. The van der Waals surface area contributed by atoms with Gasteiger partial charge in [-0.05, 0) is 46.2 Å². The Kier molecular flexibility index (Phi) is 16.5. The summed E-state index contributed by atoms with van der Waals surface area (Å²) in [4.78, 5) is 6.82. The van der Waals surface area contributed by atoms with Crippen LogP contribution in [0.1, 0.15) is 34.1 Å². The average molecular weight is 355 g/mol. The SMILES string of the molecule is CC.CC.COc1cc(N(C)CCCN(C)CCN(C)C)ccc1N. The van der Waals surface area contributed by atoms with Crippen molar-refractivity contribution in [2.45, 2.75) is 34.1 Å². The number of anilines is 2. The second-order valence-corrected chi connectivity index (χ2v) is 5.81. The van der Waals surface area contributed by atoms with Gasteiger partial charge in [0, 0.05) is 38.4 Å². The molecule has 0 spiro atoms. The normalized spacial score (nSPS) is 9.88. The Bertz CT molecular complexity index is 424. The summed E-state index contributed by atoms with van der Waals surface area (Å²) in [5, 5.41) is 0. The van der Waals surface area contributed by atoms with Crippen LogP contribution in [0, 0.1) is 0 Å². The molecule has 0 bridgehead atoms. The van der Waals surface area contributed by atoms with Crippen LogP contribution in [-0.2, 0) is 0 Å². The van der Waals surface area contributed by atoms with Crippen molar-refractivity contribution in [2.75, 3.05) is 72.1 Å². The molecule has 0 aliphatic carbocycles. The first kappa shape index (κ1) is 25.8. The maximum atomic E-state index is 5.84. The van der Waals surface area contributed by atoms with Crippen molar-refractivity contribution in [3.8, 4) is 5.75 Å². The predicted molar refractivity (Wildman–Crippen MR) is 114 cm³/mol. The molecule has 0 atom stereocenters. The molecule has 0 radical (unpaired) electrons. The van der Waals surface area contributed by atoms with Crippen molar-refractivity contribution in [1.82, 2.24) is 9.80 Å². The maximum absolute atomic E-state index is 5.84. The number of hydrogen-bond donors (Lipinski definition) is 1. The van der Waals surface area contributed by atoms with Gasteiger partial charge in [-0.25, -0.2) is 0 Å². The highest BCUT2D eigenvalue weighted by atomic mass is 16.5. The van der Waals surface area contributed by atoms with Crippen LogP contribution in [0.15, 0.2) is 18.2 Å². The largest absolute Gasteiger partial charge is 0.495 e. The fraction of sp³-hybridized carbons (Fsp3) is 0.700. The van der Waals surface area contributed by atoms with Crippen LogP contribution in [0.25, 0.3) is 0 Å². The number of hydrogen-bond acceptors (Lipinski definition) is 5. The number of rotatable bonds is 9. The van der Waals surface area contributed by atoms with Crippen LogP contribution in [0.2, 0.25) is 0 Å². The Balaban J connectivity index is 0. The lowest BCUT2D eigenvalue weighted by molar-refractivity contribution is 0.280. The van der Waals surface area contributed by atoms with Gasteiger partial charge in [0.25, 0.3) is 0 Å². The minimum absolute atomic E-state index is 0.679. The van der Waals surface area contributed by atoms with Crippen LogP contribution in [0.4, 0.5) is 11.4 Å². The Morgan fingerprint density at radius 1 is 0.880 bits per heavy atom. The van der Waals surface area contributed by atoms with E-state index in [1.165, 1.54) is 0 Å². The van der Waals surface area contributed by atoms with Crippen LogP contribution in [0.5, 0.6) is 5.75 Å². The first-order valence-electron chi connectivity index (χ1n) is 9.42. The molecule has 0 aromatic heterocycles. The van der Waals surface area contributed by atoms with Gasteiger partial charge < -0.3 is 25.2 Å². The van der Waals surface area contributed by atoms with Crippen LogP contribution in [0.3, 0.4) is 0 Å². The minimum Gasteiger partial charge on any atom is -0.495 e. The third-order valence-electron chi connectivity index (χ3n) is 3.62. The van der Waals surface area contributed by atoms with E-state index in [0.29, 0.717) is 5.69 Å². The summed E-state index contributed by atoms with van der Waals surface area (Å²) < 4.78 is 5.27. The van der Waals surface area contributed by atoms with Crippen molar-refractivity contribution in [2.24, 2.45) is 0 Å². The molecule has 1 aromatic rings. The molecular formula is C20H42N4O. The summed E-state index contributed by atoms with van der Waals surface area (Å²) in [6, 6.07) is 5.92. The van der Waals surface area contributed by atoms with Gasteiger partial charge in [-0.1, -0.05) is 27.7 Å². The minimum atomic E-state index is 0.679. The fourth-order valence-corrected chi connectivity index (χ4v) is 2.13. The molecule has 1 aromatic carbocycles. The van der Waals surface area contributed by atoms with Gasteiger partial charge in [-0.2, -0.15) is 0 Å². The van der Waals surface area contributed by atoms with E-state index in [1.807, 2.05) is 45.9 Å². The zero-order valence-corrected chi connectivity index (χ0v) is 18.1. The number of nitrogens with zero attached hydrogens (tertiary/aromatic N) is 3. The molecule has 1 rings (SSSR count). The van der Waals surface area contributed by atoms with Crippen LogP contribution in [-0.4, -0.2) is 71.3 Å². The Labute approximate surface area is 156 Å². The van der Waals surface area contributed by atoms with E-state index in [2.05, 4.69) is 42.9 Å². The summed E-state index contributed by atoms with van der Waals surface area (Å²) in [6.07, 6.45) is 1.13. The average Bonchev–Trinajstić information content (AvgIpc) is 2.63.